The van der Waals surface area contributed by atoms with E-state index in [1.807, 2.05) is 0 Å². The van der Waals surface area contributed by atoms with Gasteiger partial charge in [-0.3, -0.25) is 29.8 Å². The number of rotatable bonds is 11. The molecule has 0 bridgehead atoms. The number of amides is 2. The molecule has 14 nitrogen and oxygen atoms in total. The summed E-state index contributed by atoms with van der Waals surface area (Å²) in [5, 5.41) is 28.3. The van der Waals surface area contributed by atoms with Crippen molar-refractivity contribution in [2.24, 2.45) is 5.10 Å². The summed E-state index contributed by atoms with van der Waals surface area (Å²) in [6.45, 7) is 0. The number of hydrogen-bond donors (Lipinski definition) is 2. The number of nitro benzene ring substituents is 2. The molecule has 0 heterocycles. The lowest BCUT2D eigenvalue weighted by molar-refractivity contribution is -0.385. The topological polar surface area (TPSA) is 192 Å². The van der Waals surface area contributed by atoms with E-state index < -0.39 is 27.6 Å². The minimum Gasteiger partial charge on any atom is -0.493 e. The number of methoxy groups -OCH3 is 1. The number of nitrogens with zero attached hydrogens (tertiary/aromatic N) is 3. The highest BCUT2D eigenvalue weighted by Crippen LogP contribution is 2.28. The molecule has 0 unspecified atom stereocenters. The van der Waals surface area contributed by atoms with Crippen LogP contribution in [-0.4, -0.2) is 41.0 Å². The van der Waals surface area contributed by atoms with Gasteiger partial charge >= 0.3 is 5.97 Å². The summed E-state index contributed by atoms with van der Waals surface area (Å²) in [4.78, 5) is 59.0. The lowest BCUT2D eigenvalue weighted by Crippen LogP contribution is -2.32. The standard InChI is InChI=1S/C31H23N5O9/c1-44-28-18-21(9-16-27(28)45-31(39)23-10-14-25(15-11-23)36(42)43)19-32-34-30(38)26(33-29(37)22-5-3-2-4-6-22)17-20-7-12-24(13-8-20)35(40)41/h2-19H,1H3,(H,33,37)(H,34,38)/b26-17-,32-19+. The largest absolute Gasteiger partial charge is 0.493 e. The molecule has 45 heavy (non-hydrogen) atoms. The molecule has 4 aromatic carbocycles. The van der Waals surface area contributed by atoms with Crippen molar-refractivity contribution in [1.82, 2.24) is 10.7 Å². The van der Waals surface area contributed by atoms with Crippen molar-refractivity contribution in [3.05, 3.63) is 145 Å². The minimum atomic E-state index is -0.783. The zero-order chi connectivity index (χ0) is 32.3. The Labute approximate surface area is 254 Å². The molecule has 0 fully saturated rings. The van der Waals surface area contributed by atoms with Gasteiger partial charge in [0, 0.05) is 29.8 Å². The van der Waals surface area contributed by atoms with Crippen LogP contribution in [-0.2, 0) is 4.79 Å². The van der Waals surface area contributed by atoms with Crippen LogP contribution in [0.15, 0.2) is 108 Å². The smallest absolute Gasteiger partial charge is 0.343 e. The molecule has 0 aliphatic heterocycles. The van der Waals surface area contributed by atoms with E-state index in [9.17, 15) is 34.6 Å². The molecule has 0 saturated carbocycles. The number of hydrogen-bond acceptors (Lipinski definition) is 10. The maximum atomic E-state index is 13.0. The average Bonchev–Trinajstić information content (AvgIpc) is 3.05. The zero-order valence-corrected chi connectivity index (χ0v) is 23.4. The number of carbonyl (C=O) groups is 3. The number of non-ortho nitro benzene ring substituents is 2. The summed E-state index contributed by atoms with van der Waals surface area (Å²) in [5.74, 6) is -1.88. The number of hydrazone groups is 1. The van der Waals surface area contributed by atoms with Crippen LogP contribution >= 0.6 is 0 Å². The second-order valence-electron chi connectivity index (χ2n) is 9.03. The summed E-state index contributed by atoms with van der Waals surface area (Å²) >= 11 is 0. The van der Waals surface area contributed by atoms with Gasteiger partial charge in [0.2, 0.25) is 0 Å². The van der Waals surface area contributed by atoms with Crippen molar-refractivity contribution in [2.75, 3.05) is 7.11 Å². The summed E-state index contributed by atoms with van der Waals surface area (Å²) in [6.07, 6.45) is 2.62. The number of nitrogens with one attached hydrogen (secondary N) is 2. The van der Waals surface area contributed by atoms with E-state index >= 15 is 0 Å². The predicted octanol–water partition coefficient (Wildman–Crippen LogP) is 4.65. The van der Waals surface area contributed by atoms with E-state index in [0.717, 1.165) is 0 Å². The van der Waals surface area contributed by atoms with Crippen LogP contribution in [0, 0.1) is 20.2 Å². The van der Waals surface area contributed by atoms with Gasteiger partial charge in [-0.1, -0.05) is 18.2 Å². The molecule has 14 heteroatoms. The molecular formula is C31H23N5O9. The Bertz CT molecular complexity index is 1800. The van der Waals surface area contributed by atoms with Gasteiger partial charge in [-0.2, -0.15) is 5.10 Å². The fraction of sp³-hybridized carbons (Fsp3) is 0.0323. The minimum absolute atomic E-state index is 0.0685. The van der Waals surface area contributed by atoms with Crippen molar-refractivity contribution >= 4 is 41.4 Å². The second kappa shape index (κ2) is 14.5. The van der Waals surface area contributed by atoms with Crippen molar-refractivity contribution < 1.29 is 33.7 Å². The molecule has 0 saturated heterocycles. The van der Waals surface area contributed by atoms with E-state index in [2.05, 4.69) is 15.8 Å². The molecular weight excluding hydrogens is 586 g/mol. The fourth-order valence-corrected chi connectivity index (χ4v) is 3.75. The van der Waals surface area contributed by atoms with Crippen LogP contribution in [0.5, 0.6) is 11.5 Å². The molecule has 0 radical (unpaired) electrons. The molecule has 0 aliphatic carbocycles. The van der Waals surface area contributed by atoms with Crippen molar-refractivity contribution in [3.8, 4) is 11.5 Å². The summed E-state index contributed by atoms with van der Waals surface area (Å²) < 4.78 is 10.7. The molecule has 4 rings (SSSR count). The predicted molar refractivity (Wildman–Crippen MR) is 162 cm³/mol. The Morgan fingerprint density at radius 3 is 1.96 bits per heavy atom. The number of ether oxygens (including phenoxy) is 2. The van der Waals surface area contributed by atoms with E-state index in [1.54, 1.807) is 30.3 Å². The summed E-state index contributed by atoms with van der Waals surface area (Å²) in [6, 6.07) is 22.9. The number of benzene rings is 4. The lowest BCUT2D eigenvalue weighted by Gasteiger charge is -2.10. The number of carbonyl (C=O) groups excluding carboxylic acids is 3. The van der Waals surface area contributed by atoms with E-state index in [-0.39, 0.29) is 34.1 Å². The first-order valence-corrected chi connectivity index (χ1v) is 12.9. The van der Waals surface area contributed by atoms with Crippen LogP contribution in [0.2, 0.25) is 0 Å². The fourth-order valence-electron chi connectivity index (χ4n) is 3.75. The summed E-state index contributed by atoms with van der Waals surface area (Å²) in [5.41, 5.74) is 3.06. The third kappa shape index (κ3) is 8.42. The van der Waals surface area contributed by atoms with Gasteiger partial charge in [-0.25, -0.2) is 10.2 Å². The maximum absolute atomic E-state index is 13.0. The zero-order valence-electron chi connectivity index (χ0n) is 23.4. The quantitative estimate of drug-likeness (QED) is 0.0608. The van der Waals surface area contributed by atoms with Crippen molar-refractivity contribution in [2.45, 2.75) is 0 Å². The first-order chi connectivity index (χ1) is 21.6. The first kappa shape index (κ1) is 31.2. The molecule has 0 spiro atoms. The molecule has 0 aromatic heterocycles. The molecule has 2 N–H and O–H groups in total. The molecule has 0 atom stereocenters. The normalized spacial score (nSPS) is 11.0. The monoisotopic (exact) mass is 609 g/mol. The Kier molecular flexibility index (Phi) is 10.0. The van der Waals surface area contributed by atoms with E-state index in [4.69, 9.17) is 9.47 Å². The molecule has 0 aliphatic rings. The van der Waals surface area contributed by atoms with Gasteiger partial charge in [0.1, 0.15) is 5.70 Å². The van der Waals surface area contributed by atoms with Crippen LogP contribution in [0.3, 0.4) is 0 Å². The highest BCUT2D eigenvalue weighted by molar-refractivity contribution is 6.05. The van der Waals surface area contributed by atoms with Gasteiger partial charge in [0.05, 0.1) is 28.7 Å². The maximum Gasteiger partial charge on any atom is 0.343 e. The van der Waals surface area contributed by atoms with Gasteiger partial charge in [0.25, 0.3) is 23.2 Å². The Morgan fingerprint density at radius 1 is 0.756 bits per heavy atom. The van der Waals surface area contributed by atoms with Crippen molar-refractivity contribution in [1.29, 1.82) is 0 Å². The third-order valence-electron chi connectivity index (χ3n) is 6.03. The SMILES string of the molecule is COc1cc(/C=N/NC(=O)/C(=C/c2ccc([N+](=O)[O-])cc2)NC(=O)c2ccccc2)ccc1OC(=O)c1ccc([N+](=O)[O-])cc1. The second-order valence-corrected chi connectivity index (χ2v) is 9.03. The number of esters is 1. The Morgan fingerprint density at radius 2 is 1.36 bits per heavy atom. The van der Waals surface area contributed by atoms with Crippen LogP contribution in [0.1, 0.15) is 31.8 Å². The average molecular weight is 610 g/mol. The van der Waals surface area contributed by atoms with Gasteiger partial charge < -0.3 is 14.8 Å². The van der Waals surface area contributed by atoms with Crippen LogP contribution in [0.25, 0.3) is 6.08 Å². The van der Waals surface area contributed by atoms with Gasteiger partial charge in [-0.05, 0) is 71.8 Å². The van der Waals surface area contributed by atoms with Crippen LogP contribution in [0.4, 0.5) is 11.4 Å². The van der Waals surface area contributed by atoms with E-state index in [1.165, 1.54) is 86.1 Å². The van der Waals surface area contributed by atoms with Crippen molar-refractivity contribution in [3.63, 3.8) is 0 Å². The first-order valence-electron chi connectivity index (χ1n) is 12.9. The lowest BCUT2D eigenvalue weighted by atomic mass is 10.1. The Hall–Kier alpha value is -6.70. The highest BCUT2D eigenvalue weighted by Gasteiger charge is 2.16. The van der Waals surface area contributed by atoms with E-state index in [0.29, 0.717) is 16.7 Å². The molecule has 226 valence electrons. The molecule has 2 amide bonds. The third-order valence-corrected chi connectivity index (χ3v) is 6.03. The Balaban J connectivity index is 1.48. The van der Waals surface area contributed by atoms with Crippen LogP contribution < -0.4 is 20.2 Å². The van der Waals surface area contributed by atoms with Gasteiger partial charge in [0.15, 0.2) is 11.5 Å². The molecule has 4 aromatic rings. The van der Waals surface area contributed by atoms with Gasteiger partial charge in [-0.15, -0.1) is 0 Å². The highest BCUT2D eigenvalue weighted by atomic mass is 16.6. The summed E-state index contributed by atoms with van der Waals surface area (Å²) in [7, 11) is 1.35. The number of nitro groups is 2.